The molecule has 0 heterocycles. The van der Waals surface area contributed by atoms with Gasteiger partial charge in [0.05, 0.1) is 5.75 Å². The Morgan fingerprint density at radius 1 is 1.50 bits per heavy atom. The molecule has 0 radical (unpaired) electrons. The Bertz CT molecular complexity index is 286. The van der Waals surface area contributed by atoms with Crippen LogP contribution in [0.4, 0.5) is 4.39 Å². The summed E-state index contributed by atoms with van der Waals surface area (Å²) < 4.78 is 12.9. The first kappa shape index (κ1) is 9.26. The van der Waals surface area contributed by atoms with Crippen molar-refractivity contribution < 1.29 is 9.18 Å². The molecule has 0 fully saturated rings. The van der Waals surface area contributed by atoms with Crippen LogP contribution in [-0.2, 0) is 4.79 Å². The van der Waals surface area contributed by atoms with E-state index >= 15 is 0 Å². The number of thioether (sulfide) groups is 1. The third kappa shape index (κ3) is 2.66. The van der Waals surface area contributed by atoms with E-state index in [1.54, 1.807) is 18.2 Å². The minimum atomic E-state index is -0.260. The van der Waals surface area contributed by atoms with Crippen molar-refractivity contribution in [1.29, 1.82) is 0 Å². The number of ketones is 1. The molecule has 0 unspecified atom stereocenters. The van der Waals surface area contributed by atoms with Gasteiger partial charge in [0.1, 0.15) is 11.6 Å². The number of hydrogen-bond acceptors (Lipinski definition) is 2. The lowest BCUT2D eigenvalue weighted by atomic mass is 10.3. The molecule has 1 aromatic rings. The van der Waals surface area contributed by atoms with Crippen LogP contribution in [0.15, 0.2) is 29.2 Å². The van der Waals surface area contributed by atoms with Crippen LogP contribution in [0.3, 0.4) is 0 Å². The summed E-state index contributed by atoms with van der Waals surface area (Å²) in [5, 5.41) is 0. The van der Waals surface area contributed by atoms with Crippen LogP contribution in [0.2, 0.25) is 0 Å². The Hall–Kier alpha value is -0.830. The van der Waals surface area contributed by atoms with E-state index in [1.165, 1.54) is 24.8 Å². The zero-order valence-electron chi connectivity index (χ0n) is 6.71. The van der Waals surface area contributed by atoms with E-state index in [1.807, 2.05) is 0 Å². The van der Waals surface area contributed by atoms with E-state index in [0.29, 0.717) is 10.6 Å². The molecule has 0 saturated carbocycles. The Labute approximate surface area is 75.0 Å². The topological polar surface area (TPSA) is 17.1 Å². The van der Waals surface area contributed by atoms with Crippen LogP contribution in [0.1, 0.15) is 6.92 Å². The minimum absolute atomic E-state index is 0.0586. The predicted molar refractivity (Wildman–Crippen MR) is 47.8 cm³/mol. The molecular formula is C9H9FOS. The highest BCUT2D eigenvalue weighted by Gasteiger charge is 2.01. The van der Waals surface area contributed by atoms with Gasteiger partial charge in [-0.25, -0.2) is 4.39 Å². The summed E-state index contributed by atoms with van der Waals surface area (Å²) in [6, 6.07) is 6.45. The first-order valence-electron chi connectivity index (χ1n) is 3.57. The van der Waals surface area contributed by atoms with Gasteiger partial charge in [-0.15, -0.1) is 11.8 Å². The summed E-state index contributed by atoms with van der Waals surface area (Å²) in [5.41, 5.74) is 0. The van der Waals surface area contributed by atoms with Gasteiger partial charge in [-0.1, -0.05) is 12.1 Å². The molecular weight excluding hydrogens is 175 g/mol. The number of benzene rings is 1. The normalized spacial score (nSPS) is 9.83. The molecule has 0 amide bonds. The lowest BCUT2D eigenvalue weighted by Gasteiger charge is -1.99. The third-order valence-corrected chi connectivity index (χ3v) is 2.46. The van der Waals surface area contributed by atoms with E-state index in [2.05, 4.69) is 0 Å². The molecule has 0 aromatic heterocycles. The van der Waals surface area contributed by atoms with Crippen molar-refractivity contribution in [2.45, 2.75) is 11.8 Å². The molecule has 0 saturated heterocycles. The van der Waals surface area contributed by atoms with Crippen molar-refractivity contribution in [1.82, 2.24) is 0 Å². The summed E-state index contributed by atoms with van der Waals surface area (Å²) >= 11 is 1.23. The van der Waals surface area contributed by atoms with Crippen LogP contribution >= 0.6 is 11.8 Å². The molecule has 12 heavy (non-hydrogen) atoms. The lowest BCUT2D eigenvalue weighted by molar-refractivity contribution is -0.114. The van der Waals surface area contributed by atoms with Crippen molar-refractivity contribution in [2.24, 2.45) is 0 Å². The molecule has 0 aliphatic rings. The first-order chi connectivity index (χ1) is 5.70. The monoisotopic (exact) mass is 184 g/mol. The summed E-state index contributed by atoms with van der Waals surface area (Å²) in [4.78, 5) is 11.1. The summed E-state index contributed by atoms with van der Waals surface area (Å²) in [5.74, 6) is 0.132. The van der Waals surface area contributed by atoms with Gasteiger partial charge in [0.25, 0.3) is 0 Å². The highest BCUT2D eigenvalue weighted by molar-refractivity contribution is 8.00. The second kappa shape index (κ2) is 4.26. The van der Waals surface area contributed by atoms with Gasteiger partial charge >= 0.3 is 0 Å². The largest absolute Gasteiger partial charge is 0.299 e. The molecule has 0 aliphatic carbocycles. The molecule has 0 spiro atoms. The van der Waals surface area contributed by atoms with E-state index in [9.17, 15) is 9.18 Å². The summed E-state index contributed by atoms with van der Waals surface area (Å²) in [7, 11) is 0. The number of carbonyl (C=O) groups excluding carboxylic acids is 1. The fraction of sp³-hybridized carbons (Fsp3) is 0.222. The maximum atomic E-state index is 12.9. The first-order valence-corrected chi connectivity index (χ1v) is 4.55. The summed E-state index contributed by atoms with van der Waals surface area (Å²) in [6.45, 7) is 1.49. The molecule has 64 valence electrons. The Morgan fingerprint density at radius 2 is 2.17 bits per heavy atom. The second-order valence-electron chi connectivity index (χ2n) is 2.42. The van der Waals surface area contributed by atoms with Crippen molar-refractivity contribution in [3.05, 3.63) is 30.1 Å². The minimum Gasteiger partial charge on any atom is -0.299 e. The highest BCUT2D eigenvalue weighted by Crippen LogP contribution is 2.20. The van der Waals surface area contributed by atoms with Crippen LogP contribution in [-0.4, -0.2) is 11.5 Å². The fourth-order valence-electron chi connectivity index (χ4n) is 0.741. The van der Waals surface area contributed by atoms with Crippen LogP contribution < -0.4 is 0 Å². The highest BCUT2D eigenvalue weighted by atomic mass is 32.2. The molecule has 1 rings (SSSR count). The van der Waals surface area contributed by atoms with Crippen LogP contribution in [0.25, 0.3) is 0 Å². The molecule has 0 bridgehead atoms. The van der Waals surface area contributed by atoms with Crippen LogP contribution in [0, 0.1) is 5.82 Å². The van der Waals surface area contributed by atoms with E-state index in [-0.39, 0.29) is 11.6 Å². The van der Waals surface area contributed by atoms with E-state index < -0.39 is 0 Å². The number of rotatable bonds is 3. The average Bonchev–Trinajstić information content (AvgIpc) is 2.03. The Morgan fingerprint density at radius 3 is 2.75 bits per heavy atom. The molecule has 0 aliphatic heterocycles. The zero-order valence-corrected chi connectivity index (χ0v) is 7.53. The second-order valence-corrected chi connectivity index (χ2v) is 3.44. The van der Waals surface area contributed by atoms with Gasteiger partial charge in [0.15, 0.2) is 0 Å². The molecule has 1 nitrogen and oxygen atoms in total. The van der Waals surface area contributed by atoms with Crippen molar-refractivity contribution in [3.63, 3.8) is 0 Å². The maximum absolute atomic E-state index is 12.9. The van der Waals surface area contributed by atoms with E-state index in [4.69, 9.17) is 0 Å². The molecule has 0 atom stereocenters. The van der Waals surface area contributed by atoms with E-state index in [0.717, 1.165) is 0 Å². The number of hydrogen-bond donors (Lipinski definition) is 0. The SMILES string of the molecule is CC(=O)CSc1ccccc1F. The van der Waals surface area contributed by atoms with Gasteiger partial charge in [0, 0.05) is 4.90 Å². The Balaban J connectivity index is 2.63. The van der Waals surface area contributed by atoms with Gasteiger partial charge < -0.3 is 0 Å². The lowest BCUT2D eigenvalue weighted by Crippen LogP contribution is -1.93. The standard InChI is InChI=1S/C9H9FOS/c1-7(11)6-12-9-5-3-2-4-8(9)10/h2-5H,6H2,1H3. The molecule has 3 heteroatoms. The quantitative estimate of drug-likeness (QED) is 0.671. The van der Waals surface area contributed by atoms with Gasteiger partial charge in [-0.05, 0) is 19.1 Å². The van der Waals surface area contributed by atoms with Crippen molar-refractivity contribution in [3.8, 4) is 0 Å². The predicted octanol–water partition coefficient (Wildman–Crippen LogP) is 2.51. The number of Topliss-reactive ketones (excluding diaryl/α,β-unsaturated/α-hetero) is 1. The fourth-order valence-corrected chi connectivity index (χ4v) is 1.48. The molecule has 1 aromatic carbocycles. The summed E-state index contributed by atoms with van der Waals surface area (Å²) in [6.07, 6.45) is 0. The third-order valence-electron chi connectivity index (χ3n) is 1.27. The van der Waals surface area contributed by atoms with Gasteiger partial charge in [-0.2, -0.15) is 0 Å². The average molecular weight is 184 g/mol. The Kier molecular flexibility index (Phi) is 3.29. The van der Waals surface area contributed by atoms with Gasteiger partial charge in [-0.3, -0.25) is 4.79 Å². The smallest absolute Gasteiger partial charge is 0.140 e. The maximum Gasteiger partial charge on any atom is 0.140 e. The molecule has 0 N–H and O–H groups in total. The van der Waals surface area contributed by atoms with Gasteiger partial charge in [0.2, 0.25) is 0 Å². The van der Waals surface area contributed by atoms with Crippen molar-refractivity contribution >= 4 is 17.5 Å². The zero-order chi connectivity index (χ0) is 8.97. The number of carbonyl (C=O) groups is 1. The van der Waals surface area contributed by atoms with Crippen LogP contribution in [0.5, 0.6) is 0 Å². The van der Waals surface area contributed by atoms with Crippen molar-refractivity contribution in [2.75, 3.05) is 5.75 Å². The number of halogens is 1.